The molecule has 3 aromatic rings. The van der Waals surface area contributed by atoms with Gasteiger partial charge in [-0.05, 0) is 55.0 Å². The molecule has 1 aliphatic heterocycles. The Bertz CT molecular complexity index is 2980. The van der Waals surface area contributed by atoms with Crippen LogP contribution in [0.2, 0.25) is 0 Å². The maximum atomic E-state index is 15.5. The zero-order chi connectivity index (χ0) is 62.0. The van der Waals surface area contributed by atoms with E-state index >= 15 is 4.39 Å². The van der Waals surface area contributed by atoms with Crippen molar-refractivity contribution >= 4 is 76.9 Å². The number of imide groups is 2. The molecule has 83 heavy (non-hydrogen) atoms. The number of aliphatic hydroxyl groups excluding tert-OH is 1. The first-order valence-corrected chi connectivity index (χ1v) is 25.8. The molecule has 4 rings (SSSR count). The highest BCUT2D eigenvalue weighted by Gasteiger charge is 2.42. The third-order valence-corrected chi connectivity index (χ3v) is 12.7. The van der Waals surface area contributed by atoms with Crippen LogP contribution in [0, 0.1) is 17.0 Å². The number of primary amides is 1. The van der Waals surface area contributed by atoms with E-state index < -0.39 is 195 Å². The van der Waals surface area contributed by atoms with Gasteiger partial charge < -0.3 is 62.8 Å². The fourth-order valence-electron chi connectivity index (χ4n) is 8.90. The van der Waals surface area contributed by atoms with Crippen LogP contribution in [0.15, 0.2) is 72.9 Å². The summed E-state index contributed by atoms with van der Waals surface area (Å²) in [6.07, 6.45) is -0.684. The number of aliphatic hydroxyl groups is 1. The van der Waals surface area contributed by atoms with Crippen LogP contribution < -0.4 is 38.1 Å². The Balaban J connectivity index is 1.78. The molecule has 12 N–H and O–H groups in total. The Hall–Kier alpha value is -9.25. The second-order valence-corrected chi connectivity index (χ2v) is 20.3. The number of rotatable bonds is 30. The maximum Gasteiger partial charge on any atom is 0.306 e. The summed E-state index contributed by atoms with van der Waals surface area (Å²) in [7, 11) is 0. The first kappa shape index (κ1) is 66.3. The molecule has 29 heteroatoms. The van der Waals surface area contributed by atoms with Crippen molar-refractivity contribution in [3.05, 3.63) is 95.8 Å². The SMILES string of the molecule is CC(=O)N(C(=O)[C@@H](CC(N)=O)NC(=O)[C@H](C)N)[C@@H](CC(=O)O)C(=O)N[C@@H](CCN(C(=O)CO)[C@@H](c1cc(-c2cc(F)ccc2F)cn1Cc1ccccc1)C(C)(C)C)C(=O)NCCNC(=O)[C@@H](CCC(=O)O)NC(=O)CN1C(=O)C=CC1=O. The Kier molecular flexibility index (Phi) is 23.9. The molecule has 27 nitrogen and oxygen atoms in total. The largest absolute Gasteiger partial charge is 0.481 e. The predicted octanol–water partition coefficient (Wildman–Crippen LogP) is -1.30. The van der Waals surface area contributed by atoms with E-state index in [4.69, 9.17) is 11.5 Å². The molecule has 0 fully saturated rings. The van der Waals surface area contributed by atoms with Gasteiger partial charge in [-0.2, -0.15) is 0 Å². The number of carboxylic acids is 2. The van der Waals surface area contributed by atoms with Crippen molar-refractivity contribution in [2.45, 2.75) is 110 Å². The number of hydrogen-bond donors (Lipinski definition) is 10. The summed E-state index contributed by atoms with van der Waals surface area (Å²) in [5, 5.41) is 41.5. The second-order valence-electron chi connectivity index (χ2n) is 20.3. The zero-order valence-corrected chi connectivity index (χ0v) is 46.0. The lowest BCUT2D eigenvalue weighted by atomic mass is 9.82. The van der Waals surface area contributed by atoms with Gasteiger partial charge in [0.1, 0.15) is 49.0 Å². The first-order valence-electron chi connectivity index (χ1n) is 25.8. The molecule has 1 aliphatic rings. The lowest BCUT2D eigenvalue weighted by Gasteiger charge is -2.41. The quantitative estimate of drug-likeness (QED) is 0.0274. The summed E-state index contributed by atoms with van der Waals surface area (Å²) in [4.78, 5) is 171. The number of carbonyl (C=O) groups excluding carboxylic acids is 11. The van der Waals surface area contributed by atoms with Gasteiger partial charge in [-0.3, -0.25) is 72.1 Å². The number of halogens is 2. The predicted molar refractivity (Wildman–Crippen MR) is 287 cm³/mol. The van der Waals surface area contributed by atoms with Crippen LogP contribution in [0.4, 0.5) is 8.78 Å². The summed E-state index contributed by atoms with van der Waals surface area (Å²) in [5.74, 6) is -16.8. The average molecular weight is 1160 g/mol. The zero-order valence-electron chi connectivity index (χ0n) is 46.0. The number of hydrogen-bond acceptors (Lipinski definition) is 15. The molecule has 0 saturated heterocycles. The molecule has 448 valence electrons. The van der Waals surface area contributed by atoms with Gasteiger partial charge in [-0.15, -0.1) is 0 Å². The molecule has 2 aromatic carbocycles. The third kappa shape index (κ3) is 19.2. The smallest absolute Gasteiger partial charge is 0.306 e. The molecule has 2 heterocycles. The molecular weight excluding hydrogens is 1100 g/mol. The topological polar surface area (TPSA) is 409 Å². The number of benzene rings is 2. The van der Waals surface area contributed by atoms with Crippen molar-refractivity contribution in [1.82, 2.24) is 45.9 Å². The average Bonchev–Trinajstić information content (AvgIpc) is 3.61. The van der Waals surface area contributed by atoms with Crippen molar-refractivity contribution in [1.29, 1.82) is 0 Å². The normalized spacial score (nSPS) is 14.3. The highest BCUT2D eigenvalue weighted by atomic mass is 19.1. The van der Waals surface area contributed by atoms with Crippen molar-refractivity contribution in [3.8, 4) is 11.1 Å². The van der Waals surface area contributed by atoms with Gasteiger partial charge in [0.15, 0.2) is 0 Å². The molecule has 0 radical (unpaired) electrons. The second kappa shape index (κ2) is 30.0. The number of amides is 11. The van der Waals surface area contributed by atoms with E-state index in [-0.39, 0.29) is 22.6 Å². The van der Waals surface area contributed by atoms with Crippen molar-refractivity contribution < 1.29 is 86.4 Å². The lowest BCUT2D eigenvalue weighted by molar-refractivity contribution is -0.156. The van der Waals surface area contributed by atoms with Crippen LogP contribution in [0.3, 0.4) is 0 Å². The van der Waals surface area contributed by atoms with E-state index in [1.165, 1.54) is 19.2 Å². The van der Waals surface area contributed by atoms with Crippen LogP contribution in [-0.4, -0.2) is 174 Å². The minimum Gasteiger partial charge on any atom is -0.481 e. The van der Waals surface area contributed by atoms with Gasteiger partial charge in [0, 0.05) is 74.7 Å². The minimum atomic E-state index is -2.34. The van der Waals surface area contributed by atoms with Crippen LogP contribution in [0.1, 0.15) is 84.0 Å². The van der Waals surface area contributed by atoms with Crippen LogP contribution in [0.5, 0.6) is 0 Å². The Morgan fingerprint density at radius 3 is 1.87 bits per heavy atom. The monoisotopic (exact) mass is 1160 g/mol. The summed E-state index contributed by atoms with van der Waals surface area (Å²) >= 11 is 0. The Labute approximate surface area is 474 Å². The van der Waals surface area contributed by atoms with Crippen LogP contribution >= 0.6 is 0 Å². The van der Waals surface area contributed by atoms with E-state index in [0.717, 1.165) is 47.7 Å². The molecule has 6 atom stereocenters. The summed E-state index contributed by atoms with van der Waals surface area (Å²) in [5.41, 5.74) is 11.0. The van der Waals surface area contributed by atoms with E-state index in [2.05, 4.69) is 26.6 Å². The van der Waals surface area contributed by atoms with E-state index in [1.807, 2.05) is 0 Å². The Morgan fingerprint density at radius 2 is 1.34 bits per heavy atom. The van der Waals surface area contributed by atoms with E-state index in [0.29, 0.717) is 10.6 Å². The highest BCUT2D eigenvalue weighted by molar-refractivity contribution is 6.14. The number of nitrogens with one attached hydrogen (secondary N) is 5. The number of nitrogens with zero attached hydrogens (tertiary/aromatic N) is 4. The third-order valence-electron chi connectivity index (χ3n) is 12.7. The number of aromatic nitrogens is 1. The Morgan fingerprint density at radius 1 is 0.747 bits per heavy atom. The fourth-order valence-corrected chi connectivity index (χ4v) is 8.90. The first-order chi connectivity index (χ1) is 38.9. The standard InChI is InChI=1S/C54H67F2N11O16/c1-29(57)49(79)63-38(23-41(58)70)53(83)67(30(2)69)40(24-47(77)78)52(82)62-37(51(81)60-19-18-59-50(80)36(13-16-46(75)76)61-42(71)27-66-43(72)14-15-44(66)73)17-20-65(45(74)28-68)48(54(3,4)5)39-21-32(34-22-33(55)11-12-35(34)56)26-64(39)25-31-9-7-6-8-10-31/h6-12,14-15,21-22,26,29,36-38,40,48,68H,13,16-20,23-25,27-28,57H2,1-5H3,(H2,58,70)(H,59,80)(H,60,81)(H,61,71)(H,62,82)(H,63,79)(H,75,76)(H,77,78)/t29-,36+,37-,38+,40-,48-/m0/s1. The van der Waals surface area contributed by atoms with Gasteiger partial charge in [-0.1, -0.05) is 51.1 Å². The van der Waals surface area contributed by atoms with Crippen molar-refractivity contribution in [2.24, 2.45) is 16.9 Å². The van der Waals surface area contributed by atoms with Gasteiger partial charge >= 0.3 is 11.9 Å². The maximum absolute atomic E-state index is 15.5. The van der Waals surface area contributed by atoms with Crippen molar-refractivity contribution in [3.63, 3.8) is 0 Å². The molecule has 1 aromatic heterocycles. The molecule has 0 bridgehead atoms. The van der Waals surface area contributed by atoms with Crippen molar-refractivity contribution in [2.75, 3.05) is 32.8 Å². The van der Waals surface area contributed by atoms with Crippen LogP contribution in [-0.2, 0) is 68.9 Å². The molecule has 0 aliphatic carbocycles. The molecule has 11 amide bonds. The van der Waals surface area contributed by atoms with Crippen LogP contribution in [0.25, 0.3) is 11.1 Å². The number of carbonyl (C=O) groups is 13. The highest BCUT2D eigenvalue weighted by Crippen LogP contribution is 2.41. The molecular formula is C54H67F2N11O16. The molecule has 0 unspecified atom stereocenters. The lowest BCUT2D eigenvalue weighted by Crippen LogP contribution is -2.61. The number of carboxylic acid groups (broad SMARTS) is 2. The van der Waals surface area contributed by atoms with E-state index in [1.54, 1.807) is 55.7 Å². The summed E-state index contributed by atoms with van der Waals surface area (Å²) in [6, 6.07) is 3.05. The van der Waals surface area contributed by atoms with Gasteiger partial charge in [-0.25, -0.2) is 8.78 Å². The minimum absolute atomic E-state index is 0.106. The van der Waals surface area contributed by atoms with Gasteiger partial charge in [0.25, 0.3) is 17.7 Å². The molecule has 0 saturated carbocycles. The van der Waals surface area contributed by atoms with Gasteiger partial charge in [0.05, 0.1) is 24.9 Å². The number of nitrogens with two attached hydrogens (primary N) is 2. The molecule has 0 spiro atoms. The summed E-state index contributed by atoms with van der Waals surface area (Å²) < 4.78 is 31.8. The number of aliphatic carboxylic acids is 2. The summed E-state index contributed by atoms with van der Waals surface area (Å²) in [6.45, 7) is 3.71. The fraction of sp³-hybridized carbons (Fsp3) is 0.426. The van der Waals surface area contributed by atoms with Gasteiger partial charge in [0.2, 0.25) is 47.3 Å². The van der Waals surface area contributed by atoms with E-state index in [9.17, 15) is 82.0 Å².